The normalized spacial score (nSPS) is 16.1. The lowest BCUT2D eigenvalue weighted by atomic mass is 10.1. The number of ether oxygens (including phenoxy) is 2. The first kappa shape index (κ1) is 19.8. The van der Waals surface area contributed by atoms with E-state index >= 15 is 0 Å². The number of anilines is 1. The van der Waals surface area contributed by atoms with E-state index in [1.54, 1.807) is 47.2 Å². The van der Waals surface area contributed by atoms with Crippen LogP contribution in [0.4, 0.5) is 5.69 Å². The van der Waals surface area contributed by atoms with Crippen molar-refractivity contribution >= 4 is 23.4 Å². The molecule has 0 spiro atoms. The molecule has 2 aromatic carbocycles. The van der Waals surface area contributed by atoms with Crippen molar-refractivity contribution in [2.24, 2.45) is 0 Å². The number of benzene rings is 2. The van der Waals surface area contributed by atoms with Crippen molar-refractivity contribution in [1.29, 1.82) is 0 Å². The summed E-state index contributed by atoms with van der Waals surface area (Å²) in [5.74, 6) is 0.600. The second-order valence-corrected chi connectivity index (χ2v) is 7.19. The Bertz CT molecular complexity index is 990. The van der Waals surface area contributed by atoms with Gasteiger partial charge in [-0.1, -0.05) is 12.1 Å². The van der Waals surface area contributed by atoms with Crippen LogP contribution in [0.1, 0.15) is 27.1 Å². The molecule has 0 saturated carbocycles. The van der Waals surface area contributed by atoms with Gasteiger partial charge in [0.1, 0.15) is 11.5 Å². The van der Waals surface area contributed by atoms with Crippen molar-refractivity contribution in [3.8, 4) is 11.5 Å². The number of fused-ring (bicyclic) bond motifs is 1. The van der Waals surface area contributed by atoms with Gasteiger partial charge in [0.15, 0.2) is 6.61 Å². The van der Waals surface area contributed by atoms with Gasteiger partial charge < -0.3 is 24.6 Å². The molecule has 0 bridgehead atoms. The van der Waals surface area contributed by atoms with Crippen molar-refractivity contribution in [1.82, 2.24) is 9.80 Å². The number of para-hydroxylation sites is 1. The molecule has 1 saturated heterocycles. The van der Waals surface area contributed by atoms with Crippen LogP contribution in [0.3, 0.4) is 0 Å². The fourth-order valence-electron chi connectivity index (χ4n) is 3.71. The van der Waals surface area contributed by atoms with Crippen molar-refractivity contribution < 1.29 is 23.9 Å². The van der Waals surface area contributed by atoms with Crippen LogP contribution in [0.5, 0.6) is 11.5 Å². The van der Waals surface area contributed by atoms with E-state index in [-0.39, 0.29) is 24.3 Å². The summed E-state index contributed by atoms with van der Waals surface area (Å²) in [6.07, 6.45) is 0.685. The maximum Gasteiger partial charge on any atom is 0.262 e. The molecule has 1 fully saturated rings. The van der Waals surface area contributed by atoms with Crippen LogP contribution in [-0.4, -0.2) is 67.4 Å². The van der Waals surface area contributed by atoms with E-state index < -0.39 is 0 Å². The third kappa shape index (κ3) is 3.94. The minimum Gasteiger partial charge on any atom is -0.496 e. The quantitative estimate of drug-likeness (QED) is 0.838. The summed E-state index contributed by atoms with van der Waals surface area (Å²) in [6.45, 7) is 1.95. The number of methoxy groups -OCH3 is 1. The van der Waals surface area contributed by atoms with Gasteiger partial charge in [-0.15, -0.1) is 0 Å². The maximum absolute atomic E-state index is 13.0. The number of hydrogen-bond acceptors (Lipinski definition) is 5. The summed E-state index contributed by atoms with van der Waals surface area (Å²) in [4.78, 5) is 40.9. The van der Waals surface area contributed by atoms with Gasteiger partial charge in [-0.3, -0.25) is 14.4 Å². The largest absolute Gasteiger partial charge is 0.496 e. The number of rotatable bonds is 3. The highest BCUT2D eigenvalue weighted by molar-refractivity contribution is 5.99. The SMILES string of the molecule is COc1ccccc1C(=O)N1CCCN(C(=O)c2ccc3c(c2)OCC(=O)N3)CC1. The summed E-state index contributed by atoms with van der Waals surface area (Å²) < 4.78 is 10.7. The minimum atomic E-state index is -0.214. The van der Waals surface area contributed by atoms with Gasteiger partial charge in [0.2, 0.25) is 0 Å². The molecule has 2 aromatic rings. The Morgan fingerprint density at radius 1 is 1.00 bits per heavy atom. The van der Waals surface area contributed by atoms with Gasteiger partial charge in [-0.2, -0.15) is 0 Å². The molecule has 0 unspecified atom stereocenters. The van der Waals surface area contributed by atoms with Crippen LogP contribution in [0, 0.1) is 0 Å². The molecular weight excluding hydrogens is 386 g/mol. The molecule has 4 rings (SSSR count). The van der Waals surface area contributed by atoms with E-state index in [1.165, 1.54) is 0 Å². The van der Waals surface area contributed by atoms with Crippen LogP contribution in [-0.2, 0) is 4.79 Å². The Balaban J connectivity index is 1.45. The number of nitrogens with one attached hydrogen (secondary N) is 1. The molecule has 2 aliphatic heterocycles. The van der Waals surface area contributed by atoms with Gasteiger partial charge in [-0.25, -0.2) is 0 Å². The molecule has 0 atom stereocenters. The zero-order valence-corrected chi connectivity index (χ0v) is 16.7. The first-order valence-electron chi connectivity index (χ1n) is 9.85. The van der Waals surface area contributed by atoms with Crippen molar-refractivity contribution in [2.45, 2.75) is 6.42 Å². The summed E-state index contributed by atoms with van der Waals surface area (Å²) >= 11 is 0. The molecule has 8 heteroatoms. The first-order valence-corrected chi connectivity index (χ1v) is 9.85. The zero-order chi connectivity index (χ0) is 21.1. The number of hydrogen-bond donors (Lipinski definition) is 1. The number of carbonyl (C=O) groups is 3. The van der Waals surface area contributed by atoms with E-state index in [2.05, 4.69) is 5.32 Å². The third-order valence-corrected chi connectivity index (χ3v) is 5.27. The summed E-state index contributed by atoms with van der Waals surface area (Å²) in [5.41, 5.74) is 1.58. The summed E-state index contributed by atoms with van der Waals surface area (Å²) in [6, 6.07) is 12.2. The highest BCUT2D eigenvalue weighted by atomic mass is 16.5. The Kier molecular flexibility index (Phi) is 5.56. The minimum absolute atomic E-state index is 0.0611. The topological polar surface area (TPSA) is 88.2 Å². The number of amides is 3. The van der Waals surface area contributed by atoms with E-state index in [9.17, 15) is 14.4 Å². The molecule has 2 heterocycles. The van der Waals surface area contributed by atoms with Crippen LogP contribution in [0.15, 0.2) is 42.5 Å². The molecule has 0 radical (unpaired) electrons. The average Bonchev–Trinajstić information content (AvgIpc) is 3.04. The molecule has 0 aromatic heterocycles. The molecule has 30 heavy (non-hydrogen) atoms. The van der Waals surface area contributed by atoms with Gasteiger partial charge in [0, 0.05) is 31.7 Å². The molecule has 1 N–H and O–H groups in total. The predicted molar refractivity (Wildman–Crippen MR) is 110 cm³/mol. The maximum atomic E-state index is 13.0. The second kappa shape index (κ2) is 8.44. The Labute approximate surface area is 174 Å². The van der Waals surface area contributed by atoms with Crippen LogP contribution >= 0.6 is 0 Å². The van der Waals surface area contributed by atoms with Crippen molar-refractivity contribution in [2.75, 3.05) is 45.2 Å². The molecule has 3 amide bonds. The Morgan fingerprint density at radius 2 is 1.73 bits per heavy atom. The average molecular weight is 409 g/mol. The fourth-order valence-corrected chi connectivity index (χ4v) is 3.71. The molecule has 156 valence electrons. The van der Waals surface area contributed by atoms with Crippen molar-refractivity contribution in [3.05, 3.63) is 53.6 Å². The molecule has 2 aliphatic rings. The monoisotopic (exact) mass is 409 g/mol. The first-order chi connectivity index (χ1) is 14.6. The standard InChI is InChI=1S/C22H23N3O5/c1-29-18-6-3-2-5-16(18)22(28)25-10-4-9-24(11-12-25)21(27)15-7-8-17-19(13-15)30-14-20(26)23-17/h2-3,5-8,13H,4,9-12,14H2,1H3,(H,23,26). The lowest BCUT2D eigenvalue weighted by Crippen LogP contribution is -2.37. The van der Waals surface area contributed by atoms with Gasteiger partial charge >= 0.3 is 0 Å². The van der Waals surface area contributed by atoms with E-state index in [0.717, 1.165) is 0 Å². The van der Waals surface area contributed by atoms with Crippen LogP contribution in [0.2, 0.25) is 0 Å². The predicted octanol–water partition coefficient (Wildman–Crippen LogP) is 2.01. The lowest BCUT2D eigenvalue weighted by Gasteiger charge is -2.24. The van der Waals surface area contributed by atoms with Gasteiger partial charge in [0.25, 0.3) is 17.7 Å². The zero-order valence-electron chi connectivity index (χ0n) is 16.7. The fraction of sp³-hybridized carbons (Fsp3) is 0.318. The number of carbonyl (C=O) groups excluding carboxylic acids is 3. The van der Waals surface area contributed by atoms with Crippen LogP contribution in [0.25, 0.3) is 0 Å². The molecule has 8 nitrogen and oxygen atoms in total. The summed E-state index contributed by atoms with van der Waals surface area (Å²) in [5, 5.41) is 2.72. The highest BCUT2D eigenvalue weighted by Gasteiger charge is 2.26. The van der Waals surface area contributed by atoms with Crippen LogP contribution < -0.4 is 14.8 Å². The smallest absolute Gasteiger partial charge is 0.262 e. The van der Waals surface area contributed by atoms with E-state index in [0.29, 0.717) is 60.9 Å². The van der Waals surface area contributed by atoms with Gasteiger partial charge in [-0.05, 0) is 36.8 Å². The van der Waals surface area contributed by atoms with Gasteiger partial charge in [0.05, 0.1) is 18.4 Å². The highest BCUT2D eigenvalue weighted by Crippen LogP contribution is 2.29. The third-order valence-electron chi connectivity index (χ3n) is 5.27. The van der Waals surface area contributed by atoms with E-state index in [4.69, 9.17) is 9.47 Å². The Morgan fingerprint density at radius 3 is 2.50 bits per heavy atom. The van der Waals surface area contributed by atoms with E-state index in [1.807, 2.05) is 12.1 Å². The Hall–Kier alpha value is -3.55. The molecule has 0 aliphatic carbocycles. The lowest BCUT2D eigenvalue weighted by molar-refractivity contribution is -0.118. The second-order valence-electron chi connectivity index (χ2n) is 7.19. The van der Waals surface area contributed by atoms with Crippen molar-refractivity contribution in [3.63, 3.8) is 0 Å². The number of nitrogens with zero attached hydrogens (tertiary/aromatic N) is 2. The molecular formula is C22H23N3O5. The summed E-state index contributed by atoms with van der Waals surface area (Å²) in [7, 11) is 1.54.